The second kappa shape index (κ2) is 5.75. The van der Waals surface area contributed by atoms with Crippen LogP contribution in [-0.2, 0) is 9.31 Å². The fourth-order valence-corrected chi connectivity index (χ4v) is 2.13. The molecule has 0 aliphatic carbocycles. The summed E-state index contributed by atoms with van der Waals surface area (Å²) in [6, 6.07) is 7.20. The Labute approximate surface area is 125 Å². The molecule has 1 heterocycles. The van der Waals surface area contributed by atoms with Gasteiger partial charge in [0.15, 0.2) is 6.29 Å². The maximum absolute atomic E-state index is 11.1. The van der Waals surface area contributed by atoms with Gasteiger partial charge in [0.25, 0.3) is 0 Å². The summed E-state index contributed by atoms with van der Waals surface area (Å²) in [5.41, 5.74) is 0.987. The lowest BCUT2D eigenvalue weighted by atomic mass is 9.77. The van der Waals surface area contributed by atoms with E-state index < -0.39 is 18.3 Å². The van der Waals surface area contributed by atoms with Crippen LogP contribution in [-0.4, -0.2) is 36.3 Å². The monoisotopic (exact) mass is 288 g/mol. The standard InChI is InChI=1S/C16H21BO4/c1-15(2)16(3,4)21-17(20-15)14(11-19)9-12-7-5-6-8-13(12)10-18/h5-10,19H,11H2,1-4H3. The van der Waals surface area contributed by atoms with Crippen LogP contribution >= 0.6 is 0 Å². The van der Waals surface area contributed by atoms with Crippen LogP contribution in [0.1, 0.15) is 43.6 Å². The first-order chi connectivity index (χ1) is 9.80. The molecule has 1 aromatic rings. The fourth-order valence-electron chi connectivity index (χ4n) is 2.13. The number of aliphatic hydroxyl groups excluding tert-OH is 1. The molecule has 4 nitrogen and oxygen atoms in total. The summed E-state index contributed by atoms with van der Waals surface area (Å²) in [6.45, 7) is 7.65. The Bertz CT molecular complexity index is 547. The topological polar surface area (TPSA) is 55.8 Å². The van der Waals surface area contributed by atoms with Gasteiger partial charge < -0.3 is 14.4 Å². The number of benzene rings is 1. The smallest absolute Gasteiger partial charge is 0.400 e. The van der Waals surface area contributed by atoms with Crippen LogP contribution < -0.4 is 0 Å². The van der Waals surface area contributed by atoms with Crippen LogP contribution in [0, 0.1) is 0 Å². The van der Waals surface area contributed by atoms with Crippen LogP contribution in [0.4, 0.5) is 0 Å². The molecule has 0 saturated carbocycles. The van der Waals surface area contributed by atoms with E-state index in [0.717, 1.165) is 11.8 Å². The van der Waals surface area contributed by atoms with Gasteiger partial charge in [-0.25, -0.2) is 0 Å². The number of hydrogen-bond donors (Lipinski definition) is 1. The van der Waals surface area contributed by atoms with Crippen LogP contribution in [0.25, 0.3) is 6.08 Å². The van der Waals surface area contributed by atoms with Crippen molar-refractivity contribution in [1.29, 1.82) is 0 Å². The predicted octanol–water partition coefficient (Wildman–Crippen LogP) is 2.51. The average Bonchev–Trinajstić information content (AvgIpc) is 2.65. The third-order valence-corrected chi connectivity index (χ3v) is 4.20. The van der Waals surface area contributed by atoms with Crippen molar-refractivity contribution < 1.29 is 19.2 Å². The van der Waals surface area contributed by atoms with Crippen molar-refractivity contribution in [3.63, 3.8) is 0 Å². The third kappa shape index (κ3) is 3.10. The van der Waals surface area contributed by atoms with Crippen molar-refractivity contribution in [2.75, 3.05) is 6.61 Å². The molecule has 0 atom stereocenters. The Kier molecular flexibility index (Phi) is 4.37. The van der Waals surface area contributed by atoms with E-state index in [9.17, 15) is 9.90 Å². The zero-order valence-electron chi connectivity index (χ0n) is 12.9. The molecule has 0 spiro atoms. The van der Waals surface area contributed by atoms with E-state index in [4.69, 9.17) is 9.31 Å². The highest BCUT2D eigenvalue weighted by Gasteiger charge is 2.52. The lowest BCUT2D eigenvalue weighted by Gasteiger charge is -2.32. The minimum Gasteiger partial charge on any atom is -0.400 e. The SMILES string of the molecule is CC1(C)OB(C(=Cc2ccccc2C=O)CO)OC1(C)C. The molecule has 1 aromatic carbocycles. The molecule has 5 heteroatoms. The molecule has 1 aliphatic rings. The maximum Gasteiger partial charge on any atom is 0.492 e. The van der Waals surface area contributed by atoms with Gasteiger partial charge in [0.05, 0.1) is 17.8 Å². The molecule has 1 fully saturated rings. The zero-order chi connectivity index (χ0) is 15.7. The van der Waals surface area contributed by atoms with Gasteiger partial charge in [0, 0.05) is 5.56 Å². The van der Waals surface area contributed by atoms with Gasteiger partial charge in [-0.05, 0) is 38.7 Å². The summed E-state index contributed by atoms with van der Waals surface area (Å²) in [5, 5.41) is 9.64. The van der Waals surface area contributed by atoms with E-state index in [1.807, 2.05) is 39.8 Å². The maximum atomic E-state index is 11.1. The minimum atomic E-state index is -0.611. The molecule has 1 saturated heterocycles. The molecule has 0 radical (unpaired) electrons. The Morgan fingerprint density at radius 1 is 1.14 bits per heavy atom. The van der Waals surface area contributed by atoms with E-state index in [1.54, 1.807) is 18.2 Å². The second-order valence-corrected chi connectivity index (χ2v) is 6.21. The Morgan fingerprint density at radius 3 is 2.14 bits per heavy atom. The molecule has 1 N–H and O–H groups in total. The number of aldehydes is 1. The van der Waals surface area contributed by atoms with Gasteiger partial charge in [-0.2, -0.15) is 0 Å². The second-order valence-electron chi connectivity index (χ2n) is 6.21. The van der Waals surface area contributed by atoms with Crippen molar-refractivity contribution in [2.45, 2.75) is 38.9 Å². The molecule has 112 valence electrons. The normalized spacial score (nSPS) is 20.6. The van der Waals surface area contributed by atoms with Crippen LogP contribution in [0.15, 0.2) is 29.7 Å². The van der Waals surface area contributed by atoms with Crippen molar-refractivity contribution in [1.82, 2.24) is 0 Å². The van der Waals surface area contributed by atoms with E-state index in [2.05, 4.69) is 0 Å². The summed E-state index contributed by atoms with van der Waals surface area (Å²) in [7, 11) is -0.611. The summed E-state index contributed by atoms with van der Waals surface area (Å²) in [4.78, 5) is 11.1. The van der Waals surface area contributed by atoms with Crippen LogP contribution in [0.3, 0.4) is 0 Å². The quantitative estimate of drug-likeness (QED) is 0.683. The van der Waals surface area contributed by atoms with Gasteiger partial charge >= 0.3 is 7.12 Å². The molecule has 0 unspecified atom stereocenters. The number of carbonyl (C=O) groups is 1. The minimum absolute atomic E-state index is 0.190. The number of hydrogen-bond acceptors (Lipinski definition) is 4. The third-order valence-electron chi connectivity index (χ3n) is 4.20. The van der Waals surface area contributed by atoms with E-state index in [1.165, 1.54) is 0 Å². The fraction of sp³-hybridized carbons (Fsp3) is 0.438. The summed E-state index contributed by atoms with van der Waals surface area (Å²) in [5.74, 6) is 0. The first-order valence-electron chi connectivity index (χ1n) is 7.02. The zero-order valence-corrected chi connectivity index (χ0v) is 12.9. The Morgan fingerprint density at radius 2 is 1.67 bits per heavy atom. The van der Waals surface area contributed by atoms with Crippen LogP contribution in [0.5, 0.6) is 0 Å². The lowest BCUT2D eigenvalue weighted by Crippen LogP contribution is -2.41. The van der Waals surface area contributed by atoms with Crippen molar-refractivity contribution in [3.05, 3.63) is 40.9 Å². The van der Waals surface area contributed by atoms with Crippen molar-refractivity contribution >= 4 is 19.5 Å². The number of carbonyl (C=O) groups excluding carboxylic acids is 1. The molecule has 0 aromatic heterocycles. The van der Waals surface area contributed by atoms with Gasteiger partial charge in [-0.3, -0.25) is 4.79 Å². The first kappa shape index (κ1) is 16.0. The highest BCUT2D eigenvalue weighted by molar-refractivity contribution is 6.55. The average molecular weight is 288 g/mol. The highest BCUT2D eigenvalue weighted by Crippen LogP contribution is 2.38. The molecule has 0 bridgehead atoms. The molecule has 1 aliphatic heterocycles. The summed E-state index contributed by atoms with van der Waals surface area (Å²) < 4.78 is 11.8. The Hall–Kier alpha value is -1.43. The number of aliphatic hydroxyl groups is 1. The van der Waals surface area contributed by atoms with E-state index >= 15 is 0 Å². The largest absolute Gasteiger partial charge is 0.492 e. The van der Waals surface area contributed by atoms with Crippen molar-refractivity contribution in [2.24, 2.45) is 0 Å². The van der Waals surface area contributed by atoms with Crippen molar-refractivity contribution in [3.8, 4) is 0 Å². The Balaban J connectivity index is 2.33. The molecule has 0 amide bonds. The summed E-state index contributed by atoms with van der Waals surface area (Å²) in [6.07, 6.45) is 2.55. The molecule has 2 rings (SSSR count). The molecular formula is C16H21BO4. The van der Waals surface area contributed by atoms with Gasteiger partial charge in [0.1, 0.15) is 0 Å². The van der Waals surface area contributed by atoms with E-state index in [-0.39, 0.29) is 6.61 Å². The lowest BCUT2D eigenvalue weighted by molar-refractivity contribution is 0.00578. The van der Waals surface area contributed by atoms with Gasteiger partial charge in [-0.15, -0.1) is 0 Å². The molecule has 21 heavy (non-hydrogen) atoms. The number of rotatable bonds is 4. The van der Waals surface area contributed by atoms with E-state index in [0.29, 0.717) is 11.0 Å². The first-order valence-corrected chi connectivity index (χ1v) is 7.02. The highest BCUT2D eigenvalue weighted by atomic mass is 16.7. The van der Waals surface area contributed by atoms with Gasteiger partial charge in [0.2, 0.25) is 0 Å². The predicted molar refractivity (Wildman–Crippen MR) is 83.0 cm³/mol. The van der Waals surface area contributed by atoms with Gasteiger partial charge in [-0.1, -0.05) is 30.3 Å². The summed E-state index contributed by atoms with van der Waals surface area (Å²) >= 11 is 0. The molecular weight excluding hydrogens is 267 g/mol. The van der Waals surface area contributed by atoms with Crippen LogP contribution in [0.2, 0.25) is 0 Å².